The van der Waals surface area contributed by atoms with Crippen LogP contribution in [0.4, 0.5) is 0 Å². The SMILES string of the molecule is N/C(CSc1nncs1)=N\O. The van der Waals surface area contributed by atoms with Crippen LogP contribution in [-0.2, 0) is 0 Å². The molecular weight excluding hydrogens is 184 g/mol. The summed E-state index contributed by atoms with van der Waals surface area (Å²) in [7, 11) is 0. The molecule has 0 spiro atoms. The van der Waals surface area contributed by atoms with Crippen molar-refractivity contribution in [2.24, 2.45) is 10.9 Å². The highest BCUT2D eigenvalue weighted by molar-refractivity contribution is 8.01. The molecular formula is C4H6N4OS2. The smallest absolute Gasteiger partial charge is 0.174 e. The summed E-state index contributed by atoms with van der Waals surface area (Å²) in [5.41, 5.74) is 6.86. The highest BCUT2D eigenvalue weighted by atomic mass is 32.2. The standard InChI is InChI=1S/C4H6N4OS2/c5-3(8-9)1-10-4-7-6-2-11-4/h2,9H,1H2,(H2,5,8). The van der Waals surface area contributed by atoms with Crippen LogP contribution in [0.3, 0.4) is 0 Å². The van der Waals surface area contributed by atoms with Crippen LogP contribution in [0.15, 0.2) is 15.0 Å². The second-order valence-corrected chi connectivity index (χ2v) is 3.64. The van der Waals surface area contributed by atoms with Crippen molar-refractivity contribution in [3.63, 3.8) is 0 Å². The van der Waals surface area contributed by atoms with Gasteiger partial charge in [-0.25, -0.2) is 0 Å². The van der Waals surface area contributed by atoms with Crippen LogP contribution >= 0.6 is 23.1 Å². The molecule has 0 fully saturated rings. The van der Waals surface area contributed by atoms with E-state index in [2.05, 4.69) is 15.4 Å². The Hall–Kier alpha value is -0.820. The summed E-state index contributed by atoms with van der Waals surface area (Å²) < 4.78 is 0.816. The fourth-order valence-electron chi connectivity index (χ4n) is 0.390. The number of aromatic nitrogens is 2. The molecule has 11 heavy (non-hydrogen) atoms. The second-order valence-electron chi connectivity index (χ2n) is 1.58. The van der Waals surface area contributed by atoms with Gasteiger partial charge in [0.15, 0.2) is 4.34 Å². The van der Waals surface area contributed by atoms with Gasteiger partial charge in [-0.3, -0.25) is 0 Å². The first-order chi connectivity index (χ1) is 5.33. The van der Waals surface area contributed by atoms with Crippen molar-refractivity contribution < 1.29 is 5.21 Å². The minimum absolute atomic E-state index is 0.185. The van der Waals surface area contributed by atoms with Crippen molar-refractivity contribution in [2.45, 2.75) is 4.34 Å². The van der Waals surface area contributed by atoms with Crippen LogP contribution in [0.5, 0.6) is 0 Å². The average Bonchev–Trinajstić information content (AvgIpc) is 2.52. The Labute approximate surface area is 71.3 Å². The molecule has 0 amide bonds. The number of amidine groups is 1. The topological polar surface area (TPSA) is 84.4 Å². The number of oxime groups is 1. The molecule has 0 unspecified atom stereocenters. The van der Waals surface area contributed by atoms with Gasteiger partial charge in [-0.2, -0.15) is 0 Å². The van der Waals surface area contributed by atoms with E-state index < -0.39 is 0 Å². The van der Waals surface area contributed by atoms with E-state index in [1.54, 1.807) is 5.51 Å². The molecule has 1 aromatic heterocycles. The van der Waals surface area contributed by atoms with Gasteiger partial charge < -0.3 is 10.9 Å². The van der Waals surface area contributed by atoms with Crippen molar-refractivity contribution in [1.29, 1.82) is 0 Å². The van der Waals surface area contributed by atoms with Crippen LogP contribution < -0.4 is 5.73 Å². The van der Waals surface area contributed by atoms with Crippen LogP contribution in [0, 0.1) is 0 Å². The molecule has 0 aliphatic carbocycles. The summed E-state index contributed by atoms with van der Waals surface area (Å²) in [6.45, 7) is 0. The summed E-state index contributed by atoms with van der Waals surface area (Å²) in [5, 5.41) is 18.4. The lowest BCUT2D eigenvalue weighted by molar-refractivity contribution is 0.318. The zero-order valence-electron chi connectivity index (χ0n) is 5.47. The van der Waals surface area contributed by atoms with Gasteiger partial charge in [0.05, 0.1) is 5.75 Å². The van der Waals surface area contributed by atoms with Gasteiger partial charge in [0.1, 0.15) is 11.3 Å². The molecule has 0 bridgehead atoms. The molecule has 1 rings (SSSR count). The van der Waals surface area contributed by atoms with E-state index in [1.807, 2.05) is 0 Å². The number of thioether (sulfide) groups is 1. The molecule has 0 saturated heterocycles. The van der Waals surface area contributed by atoms with Gasteiger partial charge in [0.2, 0.25) is 0 Å². The first-order valence-corrected chi connectivity index (χ1v) is 4.55. The predicted molar refractivity (Wildman–Crippen MR) is 44.0 cm³/mol. The molecule has 0 atom stereocenters. The normalized spacial score (nSPS) is 11.8. The van der Waals surface area contributed by atoms with Gasteiger partial charge in [-0.05, 0) is 0 Å². The van der Waals surface area contributed by atoms with Gasteiger partial charge in [0, 0.05) is 0 Å². The summed E-state index contributed by atoms with van der Waals surface area (Å²) in [4.78, 5) is 0. The van der Waals surface area contributed by atoms with Gasteiger partial charge in [0.25, 0.3) is 0 Å². The number of hydrogen-bond acceptors (Lipinski definition) is 6. The maximum atomic E-state index is 8.18. The fraction of sp³-hybridized carbons (Fsp3) is 0.250. The summed E-state index contributed by atoms with van der Waals surface area (Å²) in [5.74, 6) is 0.622. The maximum absolute atomic E-state index is 8.18. The lowest BCUT2D eigenvalue weighted by Crippen LogP contribution is -2.13. The first kappa shape index (κ1) is 8.28. The van der Waals surface area contributed by atoms with Crippen molar-refractivity contribution in [3.8, 4) is 0 Å². The zero-order chi connectivity index (χ0) is 8.10. The lowest BCUT2D eigenvalue weighted by Gasteiger charge is -1.92. The Balaban J connectivity index is 2.35. The zero-order valence-corrected chi connectivity index (χ0v) is 7.10. The minimum atomic E-state index is 0.185. The van der Waals surface area contributed by atoms with Crippen LogP contribution in [0.25, 0.3) is 0 Å². The van der Waals surface area contributed by atoms with E-state index in [9.17, 15) is 0 Å². The van der Waals surface area contributed by atoms with Crippen molar-refractivity contribution >= 4 is 28.9 Å². The second kappa shape index (κ2) is 4.14. The Kier molecular flexibility index (Phi) is 3.12. The molecule has 0 radical (unpaired) electrons. The highest BCUT2D eigenvalue weighted by Gasteiger charge is 1.99. The molecule has 1 heterocycles. The van der Waals surface area contributed by atoms with Gasteiger partial charge >= 0.3 is 0 Å². The monoisotopic (exact) mass is 190 g/mol. The molecule has 0 aliphatic heterocycles. The molecule has 3 N–H and O–H groups in total. The number of nitrogens with zero attached hydrogens (tertiary/aromatic N) is 3. The van der Waals surface area contributed by atoms with Crippen molar-refractivity contribution in [2.75, 3.05) is 5.75 Å². The Morgan fingerprint density at radius 3 is 3.27 bits per heavy atom. The third-order valence-electron chi connectivity index (χ3n) is 0.812. The average molecular weight is 190 g/mol. The Bertz CT molecular complexity index is 234. The lowest BCUT2D eigenvalue weighted by atomic mass is 10.7. The largest absolute Gasteiger partial charge is 0.409 e. The van der Waals surface area contributed by atoms with Gasteiger partial charge in [-0.15, -0.1) is 10.2 Å². The summed E-state index contributed by atoms with van der Waals surface area (Å²) in [6, 6.07) is 0. The van der Waals surface area contributed by atoms with Crippen molar-refractivity contribution in [1.82, 2.24) is 10.2 Å². The molecule has 7 heteroatoms. The van der Waals surface area contributed by atoms with E-state index in [-0.39, 0.29) is 5.84 Å². The molecule has 0 saturated carbocycles. The Morgan fingerprint density at radius 2 is 2.73 bits per heavy atom. The number of nitrogens with two attached hydrogens (primary N) is 1. The molecule has 0 aliphatic rings. The predicted octanol–water partition coefficient (Wildman–Crippen LogP) is 0.377. The van der Waals surface area contributed by atoms with Crippen molar-refractivity contribution in [3.05, 3.63) is 5.51 Å². The van der Waals surface area contributed by atoms with E-state index in [0.717, 1.165) is 4.34 Å². The fourth-order valence-corrected chi connectivity index (χ4v) is 1.68. The molecule has 60 valence electrons. The minimum Gasteiger partial charge on any atom is -0.409 e. The first-order valence-electron chi connectivity index (χ1n) is 2.68. The van der Waals surface area contributed by atoms with E-state index in [0.29, 0.717) is 5.75 Å². The van der Waals surface area contributed by atoms with E-state index in [1.165, 1.54) is 23.1 Å². The highest BCUT2D eigenvalue weighted by Crippen LogP contribution is 2.17. The third kappa shape index (κ3) is 2.72. The quantitative estimate of drug-likeness (QED) is 0.236. The molecule has 1 aromatic rings. The summed E-state index contributed by atoms with van der Waals surface area (Å²) in [6.07, 6.45) is 0. The molecule has 0 aromatic carbocycles. The van der Waals surface area contributed by atoms with E-state index in [4.69, 9.17) is 10.9 Å². The van der Waals surface area contributed by atoms with Gasteiger partial charge in [-0.1, -0.05) is 28.3 Å². The maximum Gasteiger partial charge on any atom is 0.174 e. The third-order valence-corrected chi connectivity index (χ3v) is 2.71. The Morgan fingerprint density at radius 1 is 1.91 bits per heavy atom. The summed E-state index contributed by atoms with van der Waals surface area (Å²) >= 11 is 2.81. The molecule has 5 nitrogen and oxygen atoms in total. The van der Waals surface area contributed by atoms with Crippen LogP contribution in [-0.4, -0.2) is 27.0 Å². The number of rotatable bonds is 3. The van der Waals surface area contributed by atoms with Crippen LogP contribution in [0.1, 0.15) is 0 Å². The number of hydrogen-bond donors (Lipinski definition) is 2. The van der Waals surface area contributed by atoms with Crippen LogP contribution in [0.2, 0.25) is 0 Å². The van der Waals surface area contributed by atoms with E-state index >= 15 is 0 Å².